The number of rotatable bonds is 9. The topological polar surface area (TPSA) is 12.0 Å². The summed E-state index contributed by atoms with van der Waals surface area (Å²) in [5.74, 6) is 2.09. The smallest absolute Gasteiger partial charge is 0.00608 e. The first-order valence-corrected chi connectivity index (χ1v) is 7.46. The second-order valence-electron chi connectivity index (χ2n) is 4.92. The van der Waals surface area contributed by atoms with E-state index in [0.29, 0.717) is 6.04 Å². The molecule has 0 amide bonds. The summed E-state index contributed by atoms with van der Waals surface area (Å²) in [5.41, 5.74) is 0. The lowest BCUT2D eigenvalue weighted by Crippen LogP contribution is -2.28. The Hall–Kier alpha value is 0.310. The minimum absolute atomic E-state index is 0.685. The van der Waals surface area contributed by atoms with Crippen molar-refractivity contribution in [3.8, 4) is 0 Å². The van der Waals surface area contributed by atoms with E-state index in [2.05, 4.69) is 51.7 Å². The highest BCUT2D eigenvalue weighted by molar-refractivity contribution is 7.99. The Morgan fingerprint density at radius 3 is 2.27 bits per heavy atom. The number of hydrogen-bond donors (Lipinski definition) is 1. The zero-order valence-electron chi connectivity index (χ0n) is 11.2. The summed E-state index contributed by atoms with van der Waals surface area (Å²) < 4.78 is 0. The predicted octanol–water partition coefficient (Wildman–Crippen LogP) is 3.93. The highest BCUT2D eigenvalue weighted by Crippen LogP contribution is 2.12. The largest absolute Gasteiger partial charge is 0.313 e. The van der Waals surface area contributed by atoms with Crippen LogP contribution in [0.25, 0.3) is 0 Å². The van der Waals surface area contributed by atoms with E-state index >= 15 is 0 Å². The van der Waals surface area contributed by atoms with Gasteiger partial charge < -0.3 is 5.32 Å². The molecule has 2 unspecified atom stereocenters. The molecule has 0 saturated heterocycles. The van der Waals surface area contributed by atoms with Gasteiger partial charge in [0, 0.05) is 23.6 Å². The summed E-state index contributed by atoms with van der Waals surface area (Å²) in [7, 11) is 0. The van der Waals surface area contributed by atoms with Crippen molar-refractivity contribution in [3.05, 3.63) is 0 Å². The van der Waals surface area contributed by atoms with E-state index in [1.807, 2.05) is 0 Å². The van der Waals surface area contributed by atoms with Gasteiger partial charge in [0.2, 0.25) is 0 Å². The SMILES string of the molecule is CCC(C)SCCNC(C)CCC(C)C. The summed E-state index contributed by atoms with van der Waals surface area (Å²) in [6.45, 7) is 12.6. The van der Waals surface area contributed by atoms with Crippen molar-refractivity contribution in [2.75, 3.05) is 12.3 Å². The molecule has 0 rings (SSSR count). The molecule has 0 aromatic heterocycles. The predicted molar refractivity (Wildman–Crippen MR) is 73.7 cm³/mol. The molecule has 0 aromatic carbocycles. The monoisotopic (exact) mass is 231 g/mol. The van der Waals surface area contributed by atoms with Gasteiger partial charge in [-0.25, -0.2) is 0 Å². The number of thioether (sulfide) groups is 1. The van der Waals surface area contributed by atoms with Crippen LogP contribution in [0, 0.1) is 5.92 Å². The van der Waals surface area contributed by atoms with E-state index in [4.69, 9.17) is 0 Å². The van der Waals surface area contributed by atoms with Crippen molar-refractivity contribution in [3.63, 3.8) is 0 Å². The highest BCUT2D eigenvalue weighted by atomic mass is 32.2. The third-order valence-corrected chi connectivity index (χ3v) is 4.09. The molecule has 0 bridgehead atoms. The van der Waals surface area contributed by atoms with Gasteiger partial charge in [0.25, 0.3) is 0 Å². The van der Waals surface area contributed by atoms with Gasteiger partial charge in [-0.15, -0.1) is 0 Å². The maximum Gasteiger partial charge on any atom is 0.00608 e. The van der Waals surface area contributed by atoms with Crippen molar-refractivity contribution in [2.45, 2.75) is 65.2 Å². The Balaban J connectivity index is 3.27. The Morgan fingerprint density at radius 2 is 1.73 bits per heavy atom. The average Bonchev–Trinajstić information content (AvgIpc) is 2.21. The van der Waals surface area contributed by atoms with E-state index < -0.39 is 0 Å². The standard InChI is InChI=1S/C13H29NS/c1-6-13(5)15-10-9-14-12(4)8-7-11(2)3/h11-14H,6-10H2,1-5H3. The van der Waals surface area contributed by atoms with E-state index in [9.17, 15) is 0 Å². The van der Waals surface area contributed by atoms with Crippen molar-refractivity contribution in [2.24, 2.45) is 5.92 Å². The Bertz CT molecular complexity index is 136. The van der Waals surface area contributed by atoms with Crippen LogP contribution in [-0.4, -0.2) is 23.6 Å². The molecule has 0 fully saturated rings. The van der Waals surface area contributed by atoms with Gasteiger partial charge in [0.15, 0.2) is 0 Å². The van der Waals surface area contributed by atoms with Crippen LogP contribution in [0.3, 0.4) is 0 Å². The lowest BCUT2D eigenvalue weighted by molar-refractivity contribution is 0.460. The minimum atomic E-state index is 0.685. The lowest BCUT2D eigenvalue weighted by Gasteiger charge is -2.15. The first kappa shape index (κ1) is 15.3. The minimum Gasteiger partial charge on any atom is -0.313 e. The summed E-state index contributed by atoms with van der Waals surface area (Å²) in [6, 6.07) is 0.685. The zero-order valence-corrected chi connectivity index (χ0v) is 12.0. The fraction of sp³-hybridized carbons (Fsp3) is 1.00. The molecular formula is C13H29NS. The quantitative estimate of drug-likeness (QED) is 0.603. The zero-order chi connectivity index (χ0) is 11.7. The normalized spacial score (nSPS) is 15.6. The van der Waals surface area contributed by atoms with Crippen LogP contribution in [-0.2, 0) is 0 Å². The molecule has 92 valence electrons. The maximum atomic E-state index is 3.60. The van der Waals surface area contributed by atoms with Crippen LogP contribution in [0.15, 0.2) is 0 Å². The molecule has 0 saturated carbocycles. The third kappa shape index (κ3) is 10.6. The van der Waals surface area contributed by atoms with E-state index in [1.165, 1.54) is 25.0 Å². The molecule has 0 aliphatic carbocycles. The van der Waals surface area contributed by atoms with Gasteiger partial charge >= 0.3 is 0 Å². The average molecular weight is 231 g/mol. The van der Waals surface area contributed by atoms with Crippen molar-refractivity contribution < 1.29 is 0 Å². The molecular weight excluding hydrogens is 202 g/mol. The molecule has 1 N–H and O–H groups in total. The van der Waals surface area contributed by atoms with Gasteiger partial charge in [-0.3, -0.25) is 0 Å². The van der Waals surface area contributed by atoms with Gasteiger partial charge in [-0.2, -0.15) is 11.8 Å². The Labute approximate surface area is 101 Å². The van der Waals surface area contributed by atoms with Crippen LogP contribution in [0.5, 0.6) is 0 Å². The molecule has 2 atom stereocenters. The Morgan fingerprint density at radius 1 is 1.07 bits per heavy atom. The van der Waals surface area contributed by atoms with Gasteiger partial charge in [-0.05, 0) is 32.1 Å². The maximum absolute atomic E-state index is 3.60. The molecule has 0 aromatic rings. The fourth-order valence-electron chi connectivity index (χ4n) is 1.37. The van der Waals surface area contributed by atoms with Crippen molar-refractivity contribution >= 4 is 11.8 Å². The van der Waals surface area contributed by atoms with Gasteiger partial charge in [-0.1, -0.05) is 27.7 Å². The second kappa shape index (κ2) is 9.53. The van der Waals surface area contributed by atoms with Crippen LogP contribution >= 0.6 is 11.8 Å². The van der Waals surface area contributed by atoms with Crippen LogP contribution in [0.4, 0.5) is 0 Å². The molecule has 1 nitrogen and oxygen atoms in total. The van der Waals surface area contributed by atoms with Crippen molar-refractivity contribution in [1.82, 2.24) is 5.32 Å². The lowest BCUT2D eigenvalue weighted by atomic mass is 10.0. The summed E-state index contributed by atoms with van der Waals surface area (Å²) in [5, 5.41) is 4.41. The van der Waals surface area contributed by atoms with E-state index in [-0.39, 0.29) is 0 Å². The highest BCUT2D eigenvalue weighted by Gasteiger charge is 2.03. The van der Waals surface area contributed by atoms with Crippen molar-refractivity contribution in [1.29, 1.82) is 0 Å². The summed E-state index contributed by atoms with van der Waals surface area (Å²) in [6.07, 6.45) is 3.94. The summed E-state index contributed by atoms with van der Waals surface area (Å²) >= 11 is 2.08. The molecule has 2 heteroatoms. The van der Waals surface area contributed by atoms with Crippen LogP contribution < -0.4 is 5.32 Å². The third-order valence-electron chi connectivity index (χ3n) is 2.75. The van der Waals surface area contributed by atoms with E-state index in [0.717, 1.165) is 17.7 Å². The van der Waals surface area contributed by atoms with Gasteiger partial charge in [0.05, 0.1) is 0 Å². The van der Waals surface area contributed by atoms with Crippen LogP contribution in [0.2, 0.25) is 0 Å². The molecule has 0 heterocycles. The molecule has 0 radical (unpaired) electrons. The molecule has 0 aliphatic heterocycles. The number of hydrogen-bond acceptors (Lipinski definition) is 2. The molecule has 15 heavy (non-hydrogen) atoms. The Kier molecular flexibility index (Phi) is 9.73. The summed E-state index contributed by atoms with van der Waals surface area (Å²) in [4.78, 5) is 0. The first-order chi connectivity index (χ1) is 7.06. The fourth-order valence-corrected chi connectivity index (χ4v) is 2.24. The van der Waals surface area contributed by atoms with Crippen LogP contribution in [0.1, 0.15) is 53.9 Å². The second-order valence-corrected chi connectivity index (χ2v) is 6.46. The van der Waals surface area contributed by atoms with Gasteiger partial charge in [0.1, 0.15) is 0 Å². The number of nitrogens with one attached hydrogen (secondary N) is 1. The molecule has 0 spiro atoms. The molecule has 0 aliphatic rings. The first-order valence-electron chi connectivity index (χ1n) is 6.41. The van der Waals surface area contributed by atoms with E-state index in [1.54, 1.807) is 0 Å².